The minimum atomic E-state index is -0.631. The Morgan fingerprint density at radius 3 is 2.27 bits per heavy atom. The monoisotopic (exact) mass is 305 g/mol. The van der Waals surface area contributed by atoms with E-state index in [2.05, 4.69) is 4.90 Å². The molecule has 0 saturated carbocycles. The van der Waals surface area contributed by atoms with Crippen molar-refractivity contribution in [3.05, 3.63) is 29.1 Å². The van der Waals surface area contributed by atoms with Gasteiger partial charge < -0.3 is 14.2 Å². The van der Waals surface area contributed by atoms with Crippen molar-refractivity contribution >= 4 is 12.6 Å². The van der Waals surface area contributed by atoms with Crippen molar-refractivity contribution in [3.8, 4) is 0 Å². The number of halogens is 1. The van der Waals surface area contributed by atoms with Gasteiger partial charge >= 0.3 is 7.12 Å². The largest absolute Gasteiger partial charge is 0.497 e. The zero-order chi connectivity index (χ0) is 16.3. The third-order valence-corrected chi connectivity index (χ3v) is 5.44. The van der Waals surface area contributed by atoms with Gasteiger partial charge in [0.2, 0.25) is 0 Å². The van der Waals surface area contributed by atoms with Gasteiger partial charge in [-0.25, -0.2) is 4.39 Å². The van der Waals surface area contributed by atoms with Gasteiger partial charge in [-0.15, -0.1) is 0 Å². The van der Waals surface area contributed by atoms with Crippen molar-refractivity contribution < 1.29 is 13.7 Å². The van der Waals surface area contributed by atoms with Gasteiger partial charge in [-0.2, -0.15) is 0 Å². The standard InChI is InChI=1S/C17H25BFNO2/c1-16(2)17(3,4)22-18(21-16)13-9-11-7-8-15(20(5)6)12(11)10-14(13)19/h9-10,15H,7-8H2,1-6H3. The van der Waals surface area contributed by atoms with Crippen molar-refractivity contribution in [3.63, 3.8) is 0 Å². The van der Waals surface area contributed by atoms with Crippen molar-refractivity contribution in [2.75, 3.05) is 14.1 Å². The molecule has 1 aromatic carbocycles. The molecule has 1 heterocycles. The Labute approximate surface area is 132 Å². The minimum absolute atomic E-state index is 0.231. The lowest BCUT2D eigenvalue weighted by Crippen LogP contribution is -2.41. The molecule has 0 N–H and O–H groups in total. The summed E-state index contributed by atoms with van der Waals surface area (Å²) in [4.78, 5) is 2.15. The van der Waals surface area contributed by atoms with E-state index >= 15 is 0 Å². The van der Waals surface area contributed by atoms with Crippen molar-refractivity contribution in [1.82, 2.24) is 4.90 Å². The lowest BCUT2D eigenvalue weighted by Gasteiger charge is -2.32. The van der Waals surface area contributed by atoms with Gasteiger partial charge in [0.15, 0.2) is 0 Å². The first kappa shape index (κ1) is 16.0. The van der Waals surface area contributed by atoms with Crippen LogP contribution in [0.15, 0.2) is 12.1 Å². The number of hydrogen-bond donors (Lipinski definition) is 0. The molecule has 22 heavy (non-hydrogen) atoms. The van der Waals surface area contributed by atoms with Gasteiger partial charge in [-0.3, -0.25) is 0 Å². The highest BCUT2D eigenvalue weighted by molar-refractivity contribution is 6.62. The highest BCUT2D eigenvalue weighted by atomic mass is 19.1. The van der Waals surface area contributed by atoms with Gasteiger partial charge in [0.1, 0.15) is 5.82 Å². The molecule has 1 fully saturated rings. The van der Waals surface area contributed by atoms with E-state index in [0.29, 0.717) is 11.5 Å². The molecule has 120 valence electrons. The molecule has 1 aliphatic carbocycles. The van der Waals surface area contributed by atoms with E-state index in [1.165, 1.54) is 5.56 Å². The number of fused-ring (bicyclic) bond motifs is 1. The zero-order valence-corrected chi connectivity index (χ0v) is 14.4. The van der Waals surface area contributed by atoms with Gasteiger partial charge in [-0.05, 0) is 71.8 Å². The molecule has 1 saturated heterocycles. The van der Waals surface area contributed by atoms with E-state index in [9.17, 15) is 4.39 Å². The van der Waals surface area contributed by atoms with Gasteiger partial charge in [-0.1, -0.05) is 6.07 Å². The van der Waals surface area contributed by atoms with Crippen LogP contribution in [0.25, 0.3) is 0 Å². The molecule has 3 rings (SSSR count). The van der Waals surface area contributed by atoms with Gasteiger partial charge in [0.05, 0.1) is 11.2 Å². The fraction of sp³-hybridized carbons (Fsp3) is 0.647. The van der Waals surface area contributed by atoms with E-state index in [1.54, 1.807) is 6.07 Å². The van der Waals surface area contributed by atoms with E-state index in [0.717, 1.165) is 18.4 Å². The Hall–Kier alpha value is -0.905. The number of benzene rings is 1. The molecule has 1 aromatic rings. The van der Waals surface area contributed by atoms with Crippen LogP contribution < -0.4 is 5.46 Å². The summed E-state index contributed by atoms with van der Waals surface area (Å²) in [6.45, 7) is 7.95. The average molecular weight is 305 g/mol. The summed E-state index contributed by atoms with van der Waals surface area (Å²) in [5.41, 5.74) is 1.94. The van der Waals surface area contributed by atoms with Crippen molar-refractivity contribution in [2.24, 2.45) is 0 Å². The number of hydrogen-bond acceptors (Lipinski definition) is 3. The molecule has 3 nitrogen and oxygen atoms in total. The predicted molar refractivity (Wildman–Crippen MR) is 86.9 cm³/mol. The SMILES string of the molecule is CN(C)C1CCc2cc(B3OC(C)(C)C(C)(C)O3)c(F)cc21. The molecule has 0 radical (unpaired) electrons. The molecule has 0 aromatic heterocycles. The van der Waals surface area contributed by atoms with E-state index in [1.807, 2.05) is 47.9 Å². The van der Waals surface area contributed by atoms with Crippen LogP contribution in [0.5, 0.6) is 0 Å². The Kier molecular flexibility index (Phi) is 3.67. The first-order valence-corrected chi connectivity index (χ1v) is 7.97. The molecular formula is C17H25BFNO2. The van der Waals surface area contributed by atoms with Gasteiger partial charge in [0.25, 0.3) is 0 Å². The summed E-state index contributed by atoms with van der Waals surface area (Å²) in [7, 11) is 3.45. The topological polar surface area (TPSA) is 21.7 Å². The Morgan fingerprint density at radius 1 is 1.14 bits per heavy atom. The van der Waals surface area contributed by atoms with E-state index in [4.69, 9.17) is 9.31 Å². The molecule has 1 aliphatic heterocycles. The van der Waals surface area contributed by atoms with Crippen LogP contribution in [-0.2, 0) is 15.7 Å². The molecule has 2 aliphatic rings. The third kappa shape index (κ3) is 2.39. The summed E-state index contributed by atoms with van der Waals surface area (Å²) in [5.74, 6) is -0.231. The fourth-order valence-electron chi connectivity index (χ4n) is 3.31. The van der Waals surface area contributed by atoms with E-state index in [-0.39, 0.29) is 5.82 Å². The highest BCUT2D eigenvalue weighted by Crippen LogP contribution is 2.38. The van der Waals surface area contributed by atoms with Crippen molar-refractivity contribution in [1.29, 1.82) is 0 Å². The van der Waals surface area contributed by atoms with Gasteiger partial charge in [0, 0.05) is 11.5 Å². The lowest BCUT2D eigenvalue weighted by molar-refractivity contribution is 0.00578. The molecular weight excluding hydrogens is 280 g/mol. The summed E-state index contributed by atoms with van der Waals surface area (Å²) in [6, 6.07) is 3.92. The molecule has 1 unspecified atom stereocenters. The van der Waals surface area contributed by atoms with Crippen LogP contribution in [-0.4, -0.2) is 37.3 Å². The van der Waals surface area contributed by atoms with Crippen LogP contribution in [0.2, 0.25) is 0 Å². The molecule has 0 amide bonds. The summed E-state index contributed by atoms with van der Waals surface area (Å²) in [5, 5.41) is 0. The summed E-state index contributed by atoms with van der Waals surface area (Å²) in [6.07, 6.45) is 2.01. The van der Waals surface area contributed by atoms with Crippen molar-refractivity contribution in [2.45, 2.75) is 57.8 Å². The first-order valence-electron chi connectivity index (χ1n) is 7.97. The maximum Gasteiger partial charge on any atom is 0.497 e. The summed E-state index contributed by atoms with van der Waals surface area (Å²) < 4.78 is 26.6. The first-order chi connectivity index (χ1) is 10.1. The second-order valence-corrected chi connectivity index (χ2v) is 7.68. The average Bonchev–Trinajstić information content (AvgIpc) is 2.87. The van der Waals surface area contributed by atoms with Crippen LogP contribution in [0.3, 0.4) is 0 Å². The third-order valence-electron chi connectivity index (χ3n) is 5.44. The van der Waals surface area contributed by atoms with E-state index < -0.39 is 18.3 Å². The smallest absolute Gasteiger partial charge is 0.399 e. The quantitative estimate of drug-likeness (QED) is 0.784. The number of rotatable bonds is 2. The normalized spacial score (nSPS) is 25.8. The van der Waals surface area contributed by atoms with Crippen LogP contribution in [0, 0.1) is 5.82 Å². The fourth-order valence-corrected chi connectivity index (χ4v) is 3.31. The summed E-state index contributed by atoms with van der Waals surface area (Å²) >= 11 is 0. The van der Waals surface area contributed by atoms with Crippen LogP contribution >= 0.6 is 0 Å². The Morgan fingerprint density at radius 2 is 1.73 bits per heavy atom. The maximum atomic E-state index is 14.7. The Balaban J connectivity index is 1.95. The Bertz CT molecular complexity index is 585. The molecule has 0 bridgehead atoms. The lowest BCUT2D eigenvalue weighted by atomic mass is 9.77. The zero-order valence-electron chi connectivity index (χ0n) is 14.4. The number of nitrogens with zero attached hydrogens (tertiary/aromatic N) is 1. The van der Waals surface area contributed by atoms with Crippen LogP contribution in [0.4, 0.5) is 4.39 Å². The number of aryl methyl sites for hydroxylation is 1. The second-order valence-electron chi connectivity index (χ2n) is 7.68. The molecule has 1 atom stereocenters. The minimum Gasteiger partial charge on any atom is -0.399 e. The maximum absolute atomic E-state index is 14.7. The molecule has 5 heteroatoms. The highest BCUT2D eigenvalue weighted by Gasteiger charge is 2.52. The molecule has 0 spiro atoms. The predicted octanol–water partition coefficient (Wildman–Crippen LogP) is 2.67. The van der Waals surface area contributed by atoms with Crippen LogP contribution in [0.1, 0.15) is 51.3 Å². The second kappa shape index (κ2) is 5.05.